The predicted molar refractivity (Wildman–Crippen MR) is 263 cm³/mol. The number of aliphatic hydroxyl groups excluding tert-OH is 5. The van der Waals surface area contributed by atoms with E-state index in [1.165, 1.54) is 212 Å². The molecular formula is C54H105NO8. The van der Waals surface area contributed by atoms with Crippen LogP contribution < -0.4 is 5.32 Å². The first-order valence-electron chi connectivity index (χ1n) is 27.4. The van der Waals surface area contributed by atoms with Crippen molar-refractivity contribution in [3.8, 4) is 0 Å². The fourth-order valence-corrected chi connectivity index (χ4v) is 8.98. The van der Waals surface area contributed by atoms with E-state index in [-0.39, 0.29) is 12.5 Å². The number of carbonyl (C=O) groups is 1. The number of allylic oxidation sites excluding steroid dienone is 1. The Labute approximate surface area is 388 Å². The average molecular weight is 896 g/mol. The standard InChI is InChI=1S/C54H105NO8/c1-3-5-7-9-11-13-15-17-19-21-22-23-24-25-26-28-30-32-34-36-38-40-42-44-50(58)55-47(46-62-54-53(61)52(60)51(59)49(45-56)63-54)48(57)43-41-39-37-35-33-31-29-27-20-18-16-14-12-10-8-6-4-2/h41,43,47-49,51-54,56-57,59-61H,3-40,42,44-46H2,1-2H3,(H,55,58)/b43-41+/t47?,48?,49-,51+,52+,53-,54-/m1/s1. The van der Waals surface area contributed by atoms with E-state index in [0.717, 1.165) is 38.5 Å². The SMILES string of the molecule is CCCCCCCCCCCCCCCCC/C=C/C(O)C(CO[C@@H]1O[C@H](CO)[C@H](O)[C@H](O)[C@H]1O)NC(=O)CCCCCCCCCCCCCCCCCCCCCCCCC. The third kappa shape index (κ3) is 34.8. The maximum atomic E-state index is 13.0. The van der Waals surface area contributed by atoms with E-state index in [9.17, 15) is 30.3 Å². The van der Waals surface area contributed by atoms with Crippen LogP contribution in [0.5, 0.6) is 0 Å². The second-order valence-electron chi connectivity index (χ2n) is 19.4. The third-order valence-electron chi connectivity index (χ3n) is 13.4. The van der Waals surface area contributed by atoms with Gasteiger partial charge in [-0.15, -0.1) is 0 Å². The lowest BCUT2D eigenvalue weighted by Gasteiger charge is -2.40. The summed E-state index contributed by atoms with van der Waals surface area (Å²) in [5.41, 5.74) is 0. The van der Waals surface area contributed by atoms with Crippen LogP contribution in [0.2, 0.25) is 0 Å². The van der Waals surface area contributed by atoms with Gasteiger partial charge in [-0.1, -0.05) is 257 Å². The molecule has 2 unspecified atom stereocenters. The quantitative estimate of drug-likeness (QED) is 0.0261. The summed E-state index contributed by atoms with van der Waals surface area (Å²) >= 11 is 0. The van der Waals surface area contributed by atoms with Gasteiger partial charge in [0.1, 0.15) is 24.4 Å². The van der Waals surface area contributed by atoms with Crippen LogP contribution in [-0.4, -0.2) is 87.5 Å². The van der Waals surface area contributed by atoms with Gasteiger partial charge in [-0.05, 0) is 19.3 Å². The number of hydrogen-bond acceptors (Lipinski definition) is 8. The Morgan fingerprint density at radius 1 is 0.524 bits per heavy atom. The van der Waals surface area contributed by atoms with Gasteiger partial charge in [0.05, 0.1) is 25.4 Å². The molecule has 0 spiro atoms. The Balaban J connectivity index is 2.23. The molecule has 1 heterocycles. The number of amides is 1. The molecule has 1 aliphatic heterocycles. The second kappa shape index (κ2) is 44.7. The lowest BCUT2D eigenvalue weighted by atomic mass is 9.99. The Bertz CT molecular complexity index is 997. The molecule has 9 nitrogen and oxygen atoms in total. The zero-order chi connectivity index (χ0) is 45.9. The highest BCUT2D eigenvalue weighted by molar-refractivity contribution is 5.76. The second-order valence-corrected chi connectivity index (χ2v) is 19.4. The summed E-state index contributed by atoms with van der Waals surface area (Å²) < 4.78 is 11.3. The zero-order valence-corrected chi connectivity index (χ0v) is 41.4. The van der Waals surface area contributed by atoms with Crippen molar-refractivity contribution in [2.24, 2.45) is 0 Å². The van der Waals surface area contributed by atoms with Gasteiger partial charge in [0, 0.05) is 6.42 Å². The maximum absolute atomic E-state index is 13.0. The number of carbonyl (C=O) groups excluding carboxylic acids is 1. The van der Waals surface area contributed by atoms with E-state index in [4.69, 9.17) is 9.47 Å². The molecule has 1 fully saturated rings. The molecular weight excluding hydrogens is 791 g/mol. The molecule has 0 aromatic carbocycles. The summed E-state index contributed by atoms with van der Waals surface area (Å²) in [4.78, 5) is 13.0. The van der Waals surface area contributed by atoms with Gasteiger partial charge in [-0.2, -0.15) is 0 Å². The van der Waals surface area contributed by atoms with Crippen molar-refractivity contribution in [3.05, 3.63) is 12.2 Å². The van der Waals surface area contributed by atoms with Crippen molar-refractivity contribution >= 4 is 5.91 Å². The third-order valence-corrected chi connectivity index (χ3v) is 13.4. The minimum absolute atomic E-state index is 0.171. The van der Waals surface area contributed by atoms with E-state index in [2.05, 4.69) is 19.2 Å². The number of ether oxygens (including phenoxy) is 2. The van der Waals surface area contributed by atoms with Crippen LogP contribution in [0.15, 0.2) is 12.2 Å². The Morgan fingerprint density at radius 2 is 0.873 bits per heavy atom. The first-order valence-corrected chi connectivity index (χ1v) is 27.4. The molecule has 1 amide bonds. The number of rotatable bonds is 47. The molecule has 6 N–H and O–H groups in total. The summed E-state index contributed by atoms with van der Waals surface area (Å²) in [6.07, 6.45) is 47.0. The van der Waals surface area contributed by atoms with Crippen molar-refractivity contribution in [2.75, 3.05) is 13.2 Å². The van der Waals surface area contributed by atoms with Gasteiger partial charge in [0.15, 0.2) is 6.29 Å². The summed E-state index contributed by atoms with van der Waals surface area (Å²) in [6, 6.07) is -0.799. The molecule has 0 radical (unpaired) electrons. The van der Waals surface area contributed by atoms with Crippen LogP contribution in [0.3, 0.4) is 0 Å². The molecule has 0 saturated carbocycles. The summed E-state index contributed by atoms with van der Waals surface area (Å²) in [7, 11) is 0. The zero-order valence-electron chi connectivity index (χ0n) is 41.4. The number of hydrogen-bond donors (Lipinski definition) is 6. The highest BCUT2D eigenvalue weighted by Crippen LogP contribution is 2.23. The minimum Gasteiger partial charge on any atom is -0.394 e. The average Bonchev–Trinajstić information content (AvgIpc) is 3.28. The fourth-order valence-electron chi connectivity index (χ4n) is 8.98. The molecule has 1 rings (SSSR count). The summed E-state index contributed by atoms with van der Waals surface area (Å²) in [5, 5.41) is 54.4. The number of unbranched alkanes of at least 4 members (excludes halogenated alkanes) is 37. The number of nitrogens with one attached hydrogen (secondary N) is 1. The van der Waals surface area contributed by atoms with E-state index in [1.54, 1.807) is 6.08 Å². The van der Waals surface area contributed by atoms with Gasteiger partial charge in [-0.25, -0.2) is 0 Å². The molecule has 0 aromatic heterocycles. The van der Waals surface area contributed by atoms with Crippen LogP contribution in [0.25, 0.3) is 0 Å². The molecule has 7 atom stereocenters. The van der Waals surface area contributed by atoms with E-state index in [1.807, 2.05) is 6.08 Å². The topological polar surface area (TPSA) is 149 Å². The molecule has 9 heteroatoms. The van der Waals surface area contributed by atoms with Crippen molar-refractivity contribution in [1.82, 2.24) is 5.32 Å². The van der Waals surface area contributed by atoms with Gasteiger partial charge in [0.25, 0.3) is 0 Å². The maximum Gasteiger partial charge on any atom is 0.220 e. The van der Waals surface area contributed by atoms with Gasteiger partial charge < -0.3 is 40.3 Å². The van der Waals surface area contributed by atoms with Crippen LogP contribution >= 0.6 is 0 Å². The van der Waals surface area contributed by atoms with Crippen LogP contribution in [-0.2, 0) is 14.3 Å². The predicted octanol–water partition coefficient (Wildman–Crippen LogP) is 12.8. The lowest BCUT2D eigenvalue weighted by Crippen LogP contribution is -2.60. The van der Waals surface area contributed by atoms with Crippen LogP contribution in [0.4, 0.5) is 0 Å². The van der Waals surface area contributed by atoms with E-state index in [0.29, 0.717) is 6.42 Å². The van der Waals surface area contributed by atoms with Crippen molar-refractivity contribution in [2.45, 2.75) is 314 Å². The highest BCUT2D eigenvalue weighted by Gasteiger charge is 2.44. The fraction of sp³-hybridized carbons (Fsp3) is 0.944. The van der Waals surface area contributed by atoms with Crippen LogP contribution in [0.1, 0.15) is 271 Å². The Kier molecular flexibility index (Phi) is 42.6. The van der Waals surface area contributed by atoms with Crippen LogP contribution in [0, 0.1) is 0 Å². The Morgan fingerprint density at radius 3 is 1.24 bits per heavy atom. The first-order chi connectivity index (χ1) is 30.8. The van der Waals surface area contributed by atoms with E-state index >= 15 is 0 Å². The van der Waals surface area contributed by atoms with E-state index < -0.39 is 49.5 Å². The summed E-state index contributed by atoms with van der Waals surface area (Å²) in [6.45, 7) is 3.81. The molecule has 0 aromatic rings. The molecule has 63 heavy (non-hydrogen) atoms. The summed E-state index contributed by atoms with van der Waals surface area (Å²) in [5.74, 6) is -0.171. The molecule has 374 valence electrons. The molecule has 1 saturated heterocycles. The normalized spacial score (nSPS) is 20.1. The van der Waals surface area contributed by atoms with Gasteiger partial charge in [-0.3, -0.25) is 4.79 Å². The molecule has 0 bridgehead atoms. The van der Waals surface area contributed by atoms with Crippen molar-refractivity contribution in [3.63, 3.8) is 0 Å². The van der Waals surface area contributed by atoms with Gasteiger partial charge >= 0.3 is 0 Å². The molecule has 0 aliphatic carbocycles. The van der Waals surface area contributed by atoms with Crippen molar-refractivity contribution < 1.29 is 39.8 Å². The minimum atomic E-state index is -1.56. The largest absolute Gasteiger partial charge is 0.394 e. The monoisotopic (exact) mass is 896 g/mol. The lowest BCUT2D eigenvalue weighted by molar-refractivity contribution is -0.302. The van der Waals surface area contributed by atoms with Gasteiger partial charge in [0.2, 0.25) is 5.91 Å². The number of aliphatic hydroxyl groups is 5. The highest BCUT2D eigenvalue weighted by atomic mass is 16.7. The first kappa shape index (κ1) is 59.9. The van der Waals surface area contributed by atoms with Crippen molar-refractivity contribution in [1.29, 1.82) is 0 Å². The smallest absolute Gasteiger partial charge is 0.220 e. The Hall–Kier alpha value is -1.07. The molecule has 1 aliphatic rings.